The van der Waals surface area contributed by atoms with E-state index in [-0.39, 0.29) is 12.0 Å². The summed E-state index contributed by atoms with van der Waals surface area (Å²) < 4.78 is 6.99. The minimum absolute atomic E-state index is 0.000142. The van der Waals surface area contributed by atoms with E-state index in [4.69, 9.17) is 10.5 Å². The zero-order valence-electron chi connectivity index (χ0n) is 9.98. The van der Waals surface area contributed by atoms with Crippen LogP contribution < -0.4 is 11.1 Å². The van der Waals surface area contributed by atoms with Gasteiger partial charge in [0.15, 0.2) is 0 Å². The van der Waals surface area contributed by atoms with Crippen LogP contribution in [0, 0.1) is 0 Å². The molecule has 1 fully saturated rings. The highest BCUT2D eigenvalue weighted by Gasteiger charge is 2.19. The lowest BCUT2D eigenvalue weighted by atomic mass is 10.2. The van der Waals surface area contributed by atoms with Crippen molar-refractivity contribution < 1.29 is 9.53 Å². The Balaban J connectivity index is 1.77. The number of hydrogen-bond acceptors (Lipinski definition) is 4. The van der Waals surface area contributed by atoms with Gasteiger partial charge in [-0.05, 0) is 12.8 Å². The van der Waals surface area contributed by atoms with Gasteiger partial charge < -0.3 is 15.8 Å². The third-order valence-corrected chi connectivity index (χ3v) is 2.98. The van der Waals surface area contributed by atoms with Crippen LogP contribution in [-0.2, 0) is 23.1 Å². The lowest BCUT2D eigenvalue weighted by Gasteiger charge is -2.09. The summed E-state index contributed by atoms with van der Waals surface area (Å²) in [5.74, 6) is 0.586. The van der Waals surface area contributed by atoms with Gasteiger partial charge in [-0.25, -0.2) is 0 Å². The van der Waals surface area contributed by atoms with Gasteiger partial charge in [-0.15, -0.1) is 0 Å². The fraction of sp³-hybridized carbons (Fsp3) is 0.636. The van der Waals surface area contributed by atoms with Crippen LogP contribution in [0.5, 0.6) is 0 Å². The Morgan fingerprint density at radius 3 is 3.18 bits per heavy atom. The van der Waals surface area contributed by atoms with Crippen molar-refractivity contribution in [2.45, 2.75) is 31.9 Å². The molecule has 0 saturated carbocycles. The molecule has 17 heavy (non-hydrogen) atoms. The molecule has 1 aromatic rings. The number of ether oxygens (including phenoxy) is 1. The smallest absolute Gasteiger partial charge is 0.222 e. The third-order valence-electron chi connectivity index (χ3n) is 2.98. The molecule has 0 radical (unpaired) electrons. The molecule has 1 unspecified atom stereocenters. The standard InChI is InChI=1S/C11H18N4O2/c1-15-11(12)8(7-14-15)6-13-10(16)5-9-3-2-4-17-9/h7,9H,2-6,12H2,1H3,(H,13,16). The van der Waals surface area contributed by atoms with Crippen LogP contribution >= 0.6 is 0 Å². The number of nitrogens with zero attached hydrogens (tertiary/aromatic N) is 2. The SMILES string of the molecule is Cn1ncc(CNC(=O)CC2CCCO2)c1N. The van der Waals surface area contributed by atoms with E-state index in [1.165, 1.54) is 0 Å². The summed E-state index contributed by atoms with van der Waals surface area (Å²) in [6.07, 6.45) is 4.21. The summed E-state index contributed by atoms with van der Waals surface area (Å²) in [7, 11) is 1.77. The molecule has 94 valence electrons. The molecule has 3 N–H and O–H groups in total. The van der Waals surface area contributed by atoms with Crippen LogP contribution in [0.1, 0.15) is 24.8 Å². The number of carbonyl (C=O) groups excluding carboxylic acids is 1. The van der Waals surface area contributed by atoms with Crippen molar-refractivity contribution in [3.63, 3.8) is 0 Å². The molecule has 0 aromatic carbocycles. The van der Waals surface area contributed by atoms with Crippen molar-refractivity contribution in [2.24, 2.45) is 7.05 Å². The number of nitrogens with two attached hydrogens (primary N) is 1. The van der Waals surface area contributed by atoms with Crippen molar-refractivity contribution in [1.82, 2.24) is 15.1 Å². The molecule has 6 heteroatoms. The summed E-state index contributed by atoms with van der Waals surface area (Å²) in [4.78, 5) is 11.6. The molecule has 0 bridgehead atoms. The third kappa shape index (κ3) is 2.97. The minimum Gasteiger partial charge on any atom is -0.384 e. The van der Waals surface area contributed by atoms with Crippen LogP contribution in [0.2, 0.25) is 0 Å². The Kier molecular flexibility index (Phi) is 3.63. The van der Waals surface area contributed by atoms with Crippen LogP contribution in [0.25, 0.3) is 0 Å². The van der Waals surface area contributed by atoms with Gasteiger partial charge in [-0.1, -0.05) is 0 Å². The van der Waals surface area contributed by atoms with Gasteiger partial charge in [-0.3, -0.25) is 9.48 Å². The summed E-state index contributed by atoms with van der Waals surface area (Å²) >= 11 is 0. The quantitative estimate of drug-likeness (QED) is 0.784. The Morgan fingerprint density at radius 1 is 1.76 bits per heavy atom. The van der Waals surface area contributed by atoms with Crippen LogP contribution in [0.4, 0.5) is 5.82 Å². The molecule has 2 heterocycles. The van der Waals surface area contributed by atoms with E-state index in [0.29, 0.717) is 18.8 Å². The number of anilines is 1. The predicted molar refractivity (Wildman–Crippen MR) is 63.1 cm³/mol. The number of aryl methyl sites for hydroxylation is 1. The van der Waals surface area contributed by atoms with E-state index in [1.807, 2.05) is 0 Å². The second-order valence-electron chi connectivity index (χ2n) is 4.29. The van der Waals surface area contributed by atoms with Gasteiger partial charge in [0.25, 0.3) is 0 Å². The molecular formula is C11H18N4O2. The van der Waals surface area contributed by atoms with Gasteiger partial charge in [0.05, 0.1) is 18.7 Å². The minimum atomic E-state index is 0.000142. The Bertz CT molecular complexity index is 396. The molecule has 1 amide bonds. The average Bonchev–Trinajstić information content (AvgIpc) is 2.90. The molecule has 0 spiro atoms. The summed E-state index contributed by atoms with van der Waals surface area (Å²) in [5, 5.41) is 6.84. The lowest BCUT2D eigenvalue weighted by molar-refractivity contribution is -0.123. The number of amides is 1. The van der Waals surface area contributed by atoms with Gasteiger partial charge in [0.1, 0.15) is 5.82 Å². The number of nitrogen functional groups attached to an aromatic ring is 1. The highest BCUT2D eigenvalue weighted by atomic mass is 16.5. The van der Waals surface area contributed by atoms with Crippen molar-refractivity contribution in [2.75, 3.05) is 12.3 Å². The number of aromatic nitrogens is 2. The number of rotatable bonds is 4. The Hall–Kier alpha value is -1.56. The van der Waals surface area contributed by atoms with Gasteiger partial charge in [0.2, 0.25) is 5.91 Å². The molecule has 0 aliphatic carbocycles. The van der Waals surface area contributed by atoms with Crippen molar-refractivity contribution in [3.8, 4) is 0 Å². The molecular weight excluding hydrogens is 220 g/mol. The first-order valence-corrected chi connectivity index (χ1v) is 5.81. The highest BCUT2D eigenvalue weighted by molar-refractivity contribution is 5.76. The summed E-state index contributed by atoms with van der Waals surface area (Å²) in [6.45, 7) is 1.19. The topological polar surface area (TPSA) is 82.2 Å². The average molecular weight is 238 g/mol. The number of nitrogens with one attached hydrogen (secondary N) is 1. The maximum absolute atomic E-state index is 11.6. The Labute approximate surface area is 100 Å². The summed E-state index contributed by atoms with van der Waals surface area (Å²) in [5.41, 5.74) is 6.62. The molecule has 6 nitrogen and oxygen atoms in total. The van der Waals surface area contributed by atoms with Gasteiger partial charge in [-0.2, -0.15) is 5.10 Å². The van der Waals surface area contributed by atoms with Crippen molar-refractivity contribution in [3.05, 3.63) is 11.8 Å². The first-order valence-electron chi connectivity index (χ1n) is 5.81. The summed E-state index contributed by atoms with van der Waals surface area (Å²) in [6, 6.07) is 0. The van der Waals surface area contributed by atoms with E-state index < -0.39 is 0 Å². The van der Waals surface area contributed by atoms with Crippen LogP contribution in [0.3, 0.4) is 0 Å². The van der Waals surface area contributed by atoms with Crippen molar-refractivity contribution >= 4 is 11.7 Å². The highest BCUT2D eigenvalue weighted by Crippen LogP contribution is 2.15. The van der Waals surface area contributed by atoms with Gasteiger partial charge in [0, 0.05) is 25.8 Å². The molecule has 2 rings (SSSR count). The lowest BCUT2D eigenvalue weighted by Crippen LogP contribution is -2.27. The maximum atomic E-state index is 11.6. The first-order chi connectivity index (χ1) is 8.16. The van der Waals surface area contributed by atoms with Crippen LogP contribution in [-0.4, -0.2) is 28.4 Å². The van der Waals surface area contributed by atoms with E-state index >= 15 is 0 Å². The van der Waals surface area contributed by atoms with E-state index in [9.17, 15) is 4.79 Å². The monoisotopic (exact) mass is 238 g/mol. The number of carbonyl (C=O) groups is 1. The second-order valence-corrected chi connectivity index (χ2v) is 4.29. The zero-order valence-corrected chi connectivity index (χ0v) is 9.98. The molecule has 1 aromatic heterocycles. The largest absolute Gasteiger partial charge is 0.384 e. The molecule has 1 saturated heterocycles. The molecule has 1 atom stereocenters. The fourth-order valence-corrected chi connectivity index (χ4v) is 1.91. The normalized spacial score (nSPS) is 19.5. The Morgan fingerprint density at radius 2 is 2.59 bits per heavy atom. The number of hydrogen-bond donors (Lipinski definition) is 2. The van der Waals surface area contributed by atoms with Crippen molar-refractivity contribution in [1.29, 1.82) is 0 Å². The van der Waals surface area contributed by atoms with E-state index in [2.05, 4.69) is 10.4 Å². The van der Waals surface area contributed by atoms with Crippen LogP contribution in [0.15, 0.2) is 6.20 Å². The van der Waals surface area contributed by atoms with Gasteiger partial charge >= 0.3 is 0 Å². The fourth-order valence-electron chi connectivity index (χ4n) is 1.91. The first kappa shape index (κ1) is 11.9. The predicted octanol–water partition coefficient (Wildman–Crippen LogP) is 0.188. The maximum Gasteiger partial charge on any atom is 0.222 e. The molecule has 1 aliphatic heterocycles. The van der Waals surface area contributed by atoms with E-state index in [0.717, 1.165) is 25.0 Å². The zero-order chi connectivity index (χ0) is 12.3. The molecule has 1 aliphatic rings. The van der Waals surface area contributed by atoms with E-state index in [1.54, 1.807) is 17.9 Å². The second kappa shape index (κ2) is 5.18.